The van der Waals surface area contributed by atoms with E-state index in [0.717, 1.165) is 53.8 Å². The van der Waals surface area contributed by atoms with Gasteiger partial charge in [0.05, 0.1) is 45.0 Å². The standard InChI is InChI=1S/C30H38N8O4/c1-6-21-25(42-5)12-24(41-4)18(3)27(21)37-15-19-13-32-29(35-23-11-9-8-10-22(23)34-26(39)7-2)36-28(19)38(30(37)40)16-20-14-31-17-33-20/h7,12-14,17,22-23H,2,6,8-11,15-16H2,1,3-5H3,(H,31,33)(H,34,39)(H,32,35,36)/t22-,23+/m0/s1. The van der Waals surface area contributed by atoms with Crippen LogP contribution in [0.2, 0.25) is 0 Å². The van der Waals surface area contributed by atoms with Crippen LogP contribution < -0.4 is 29.9 Å². The first-order chi connectivity index (χ1) is 20.4. The number of imidazole rings is 1. The minimum atomic E-state index is -0.233. The fourth-order valence-corrected chi connectivity index (χ4v) is 5.90. The third kappa shape index (κ3) is 5.61. The van der Waals surface area contributed by atoms with Crippen LogP contribution >= 0.6 is 0 Å². The van der Waals surface area contributed by atoms with Gasteiger partial charge in [0.25, 0.3) is 0 Å². The second-order valence-corrected chi connectivity index (χ2v) is 10.5. The summed E-state index contributed by atoms with van der Waals surface area (Å²) < 4.78 is 11.4. The Morgan fingerprint density at radius 3 is 2.62 bits per heavy atom. The van der Waals surface area contributed by atoms with Crippen molar-refractivity contribution in [1.82, 2.24) is 25.3 Å². The van der Waals surface area contributed by atoms with Crippen molar-refractivity contribution in [2.45, 2.75) is 71.1 Å². The molecule has 3 heterocycles. The summed E-state index contributed by atoms with van der Waals surface area (Å²) in [4.78, 5) is 46.5. The number of ether oxygens (including phenoxy) is 2. The molecule has 1 aromatic carbocycles. The van der Waals surface area contributed by atoms with Gasteiger partial charge in [-0.25, -0.2) is 14.8 Å². The third-order valence-corrected chi connectivity index (χ3v) is 8.00. The highest BCUT2D eigenvalue weighted by atomic mass is 16.5. The van der Waals surface area contributed by atoms with Gasteiger partial charge < -0.3 is 25.1 Å². The quantitative estimate of drug-likeness (QED) is 0.306. The number of carbonyl (C=O) groups is 2. The maximum absolute atomic E-state index is 14.3. The van der Waals surface area contributed by atoms with E-state index in [1.54, 1.807) is 42.7 Å². The SMILES string of the molecule is C=CC(=O)N[C@H]1CCCC[C@H]1Nc1ncc2c(n1)N(Cc1cnc[nH]1)C(=O)N(c1c(C)c(OC)cc(OC)c1CC)C2. The van der Waals surface area contributed by atoms with Gasteiger partial charge in [-0.15, -0.1) is 0 Å². The summed E-state index contributed by atoms with van der Waals surface area (Å²) in [5, 5.41) is 6.46. The molecule has 0 saturated heterocycles. The summed E-state index contributed by atoms with van der Waals surface area (Å²) in [6.45, 7) is 8.07. The number of rotatable bonds is 10. The molecule has 0 bridgehead atoms. The van der Waals surface area contributed by atoms with Crippen molar-refractivity contribution in [2.75, 3.05) is 29.3 Å². The topological polar surface area (TPSA) is 138 Å². The van der Waals surface area contributed by atoms with E-state index in [1.807, 2.05) is 19.9 Å². The molecule has 2 atom stereocenters. The zero-order valence-electron chi connectivity index (χ0n) is 24.6. The number of carbonyl (C=O) groups excluding carboxylic acids is 2. The van der Waals surface area contributed by atoms with Crippen molar-refractivity contribution in [2.24, 2.45) is 0 Å². The Bertz CT molecular complexity index is 1460. The number of hydrogen-bond donors (Lipinski definition) is 3. The van der Waals surface area contributed by atoms with Gasteiger partial charge in [-0.1, -0.05) is 26.3 Å². The molecule has 3 amide bonds. The minimum Gasteiger partial charge on any atom is -0.496 e. The largest absolute Gasteiger partial charge is 0.496 e. The van der Waals surface area contributed by atoms with Crippen LogP contribution in [-0.2, 0) is 24.3 Å². The fraction of sp³-hybridized carbons (Fsp3) is 0.433. The molecule has 3 aromatic rings. The number of aromatic amines is 1. The van der Waals surface area contributed by atoms with E-state index >= 15 is 0 Å². The number of hydrogen-bond acceptors (Lipinski definition) is 8. The lowest BCUT2D eigenvalue weighted by Crippen LogP contribution is -2.49. The highest BCUT2D eigenvalue weighted by Crippen LogP contribution is 2.42. The number of urea groups is 1. The van der Waals surface area contributed by atoms with Crippen LogP contribution in [-0.4, -0.2) is 58.2 Å². The van der Waals surface area contributed by atoms with Crippen LogP contribution in [0.25, 0.3) is 0 Å². The number of methoxy groups -OCH3 is 2. The van der Waals surface area contributed by atoms with Gasteiger partial charge in [0.1, 0.15) is 17.3 Å². The molecule has 5 rings (SSSR count). The monoisotopic (exact) mass is 574 g/mol. The van der Waals surface area contributed by atoms with E-state index in [0.29, 0.717) is 29.7 Å². The van der Waals surface area contributed by atoms with Gasteiger partial charge in [-0.05, 0) is 32.3 Å². The maximum Gasteiger partial charge on any atom is 0.330 e. The number of anilines is 3. The number of H-pyrrole nitrogens is 1. The molecule has 12 nitrogen and oxygen atoms in total. The first-order valence-electron chi connectivity index (χ1n) is 14.2. The number of benzene rings is 1. The molecule has 42 heavy (non-hydrogen) atoms. The first kappa shape index (κ1) is 28.9. The first-order valence-corrected chi connectivity index (χ1v) is 14.2. The lowest BCUT2D eigenvalue weighted by molar-refractivity contribution is -0.117. The Labute approximate surface area is 245 Å². The van der Waals surface area contributed by atoms with Crippen molar-refractivity contribution in [3.8, 4) is 11.5 Å². The zero-order chi connectivity index (χ0) is 29.8. The Hall–Kier alpha value is -4.61. The molecule has 222 valence electrons. The van der Waals surface area contributed by atoms with E-state index in [1.165, 1.54) is 6.08 Å². The van der Waals surface area contributed by atoms with Crippen LogP contribution in [0.4, 0.5) is 22.2 Å². The molecule has 3 N–H and O–H groups in total. The molecular formula is C30H38N8O4. The number of nitrogens with zero attached hydrogens (tertiary/aromatic N) is 5. The Kier molecular flexibility index (Phi) is 8.60. The second-order valence-electron chi connectivity index (χ2n) is 10.5. The molecule has 1 fully saturated rings. The summed E-state index contributed by atoms with van der Waals surface area (Å²) in [6.07, 6.45) is 10.8. The van der Waals surface area contributed by atoms with Crippen LogP contribution in [0.5, 0.6) is 11.5 Å². The van der Waals surface area contributed by atoms with Crippen LogP contribution in [0.15, 0.2) is 37.4 Å². The Morgan fingerprint density at radius 2 is 1.95 bits per heavy atom. The number of fused-ring (bicyclic) bond motifs is 1. The Morgan fingerprint density at radius 1 is 1.19 bits per heavy atom. The van der Waals surface area contributed by atoms with Crippen LogP contribution in [0.3, 0.4) is 0 Å². The van der Waals surface area contributed by atoms with Gasteiger partial charge in [-0.3, -0.25) is 14.6 Å². The van der Waals surface area contributed by atoms with Gasteiger partial charge in [0.15, 0.2) is 0 Å². The van der Waals surface area contributed by atoms with Crippen LogP contribution in [0, 0.1) is 6.92 Å². The minimum absolute atomic E-state index is 0.0449. The van der Waals surface area contributed by atoms with Crippen molar-refractivity contribution < 1.29 is 19.1 Å². The van der Waals surface area contributed by atoms with E-state index in [-0.39, 0.29) is 37.1 Å². The number of aromatic nitrogens is 4. The summed E-state index contributed by atoms with van der Waals surface area (Å²) in [6, 6.07) is 1.51. The molecule has 2 aromatic heterocycles. The van der Waals surface area contributed by atoms with Crippen molar-refractivity contribution in [1.29, 1.82) is 0 Å². The molecule has 1 saturated carbocycles. The smallest absolute Gasteiger partial charge is 0.330 e. The summed E-state index contributed by atoms with van der Waals surface area (Å²) in [5.74, 6) is 2.03. The van der Waals surface area contributed by atoms with E-state index in [2.05, 4.69) is 32.2 Å². The summed E-state index contributed by atoms with van der Waals surface area (Å²) in [5.41, 5.74) is 4.07. The van der Waals surface area contributed by atoms with E-state index < -0.39 is 0 Å². The van der Waals surface area contributed by atoms with E-state index in [4.69, 9.17) is 14.5 Å². The highest BCUT2D eigenvalue weighted by molar-refractivity contribution is 6.06. The Balaban J connectivity index is 1.54. The lowest BCUT2D eigenvalue weighted by Gasteiger charge is -2.38. The van der Waals surface area contributed by atoms with Crippen LogP contribution in [0.1, 0.15) is 55.0 Å². The molecule has 1 aliphatic heterocycles. The predicted molar refractivity (Wildman–Crippen MR) is 160 cm³/mol. The van der Waals surface area contributed by atoms with E-state index in [9.17, 15) is 9.59 Å². The molecule has 0 radical (unpaired) electrons. The number of nitrogens with one attached hydrogen (secondary N) is 3. The zero-order valence-corrected chi connectivity index (χ0v) is 24.6. The molecule has 0 spiro atoms. The maximum atomic E-state index is 14.3. The van der Waals surface area contributed by atoms with Gasteiger partial charge in [-0.2, -0.15) is 4.98 Å². The average molecular weight is 575 g/mol. The normalized spacial score (nSPS) is 18.3. The predicted octanol–water partition coefficient (Wildman–Crippen LogP) is 4.26. The summed E-state index contributed by atoms with van der Waals surface area (Å²) >= 11 is 0. The molecule has 12 heteroatoms. The summed E-state index contributed by atoms with van der Waals surface area (Å²) in [7, 11) is 3.23. The molecule has 1 aliphatic carbocycles. The van der Waals surface area contributed by atoms with Crippen molar-refractivity contribution in [3.05, 3.63) is 59.8 Å². The van der Waals surface area contributed by atoms with Gasteiger partial charge in [0, 0.05) is 47.2 Å². The molecular weight excluding hydrogens is 536 g/mol. The third-order valence-electron chi connectivity index (χ3n) is 8.00. The van der Waals surface area contributed by atoms with Gasteiger partial charge >= 0.3 is 6.03 Å². The average Bonchev–Trinajstić information content (AvgIpc) is 3.52. The molecule has 2 aliphatic rings. The van der Waals surface area contributed by atoms with Crippen molar-refractivity contribution >= 4 is 29.4 Å². The van der Waals surface area contributed by atoms with Crippen molar-refractivity contribution in [3.63, 3.8) is 0 Å². The second kappa shape index (κ2) is 12.5. The lowest BCUT2D eigenvalue weighted by atomic mass is 9.90. The number of amides is 3. The van der Waals surface area contributed by atoms with Gasteiger partial charge in [0.2, 0.25) is 11.9 Å². The molecule has 0 unspecified atom stereocenters. The highest BCUT2D eigenvalue weighted by Gasteiger charge is 2.37. The fourth-order valence-electron chi connectivity index (χ4n) is 5.90.